The van der Waals surface area contributed by atoms with Crippen molar-refractivity contribution in [3.63, 3.8) is 0 Å². The zero-order chi connectivity index (χ0) is 13.9. The summed E-state index contributed by atoms with van der Waals surface area (Å²) in [5, 5.41) is 13.0. The first-order valence-corrected chi connectivity index (χ1v) is 6.82. The number of hydrogen-bond acceptors (Lipinski definition) is 4. The molecule has 0 spiro atoms. The minimum atomic E-state index is -0.567. The molecule has 0 amide bonds. The van der Waals surface area contributed by atoms with Gasteiger partial charge in [0.25, 0.3) is 5.89 Å². The average molecular weight is 271 g/mol. The first-order chi connectivity index (χ1) is 9.79. The standard InChI is InChI=1S/C15H14FN3O/c16-13-8-4-7-11(12(13)9-17)15-18-14(19-20-15)10-5-2-1-3-6-10/h4,7-8,10H,1-3,5-6H2. The highest BCUT2D eigenvalue weighted by molar-refractivity contribution is 5.63. The largest absolute Gasteiger partial charge is 0.334 e. The van der Waals surface area contributed by atoms with E-state index in [1.807, 2.05) is 6.07 Å². The van der Waals surface area contributed by atoms with E-state index in [1.165, 1.54) is 31.4 Å². The number of nitriles is 1. The Morgan fingerprint density at radius 2 is 2.05 bits per heavy atom. The molecule has 0 N–H and O–H groups in total. The Hall–Kier alpha value is -2.22. The van der Waals surface area contributed by atoms with Gasteiger partial charge < -0.3 is 4.52 Å². The van der Waals surface area contributed by atoms with Gasteiger partial charge in [0.1, 0.15) is 17.4 Å². The van der Waals surface area contributed by atoms with Gasteiger partial charge in [-0.25, -0.2) is 4.39 Å². The first-order valence-electron chi connectivity index (χ1n) is 6.82. The zero-order valence-corrected chi connectivity index (χ0v) is 11.0. The van der Waals surface area contributed by atoms with Crippen molar-refractivity contribution in [2.75, 3.05) is 0 Å². The predicted octanol–water partition coefficient (Wildman–Crippen LogP) is 3.80. The second-order valence-corrected chi connectivity index (χ2v) is 5.07. The Morgan fingerprint density at radius 1 is 1.25 bits per heavy atom. The van der Waals surface area contributed by atoms with Crippen LogP contribution in [0.3, 0.4) is 0 Å². The number of hydrogen-bond donors (Lipinski definition) is 0. The second kappa shape index (κ2) is 5.41. The van der Waals surface area contributed by atoms with Crippen LogP contribution in [0.1, 0.15) is 49.4 Å². The fraction of sp³-hybridized carbons (Fsp3) is 0.400. The van der Waals surface area contributed by atoms with Crippen molar-refractivity contribution >= 4 is 0 Å². The van der Waals surface area contributed by atoms with Crippen molar-refractivity contribution in [1.29, 1.82) is 5.26 Å². The van der Waals surface area contributed by atoms with Crippen LogP contribution in [0.25, 0.3) is 11.5 Å². The minimum Gasteiger partial charge on any atom is -0.334 e. The SMILES string of the molecule is N#Cc1c(F)cccc1-c1nc(C2CCCCC2)no1. The number of nitrogens with zero attached hydrogens (tertiary/aromatic N) is 3. The molecule has 0 saturated heterocycles. The van der Waals surface area contributed by atoms with Crippen LogP contribution in [0.4, 0.5) is 4.39 Å². The number of halogens is 1. The molecule has 0 bridgehead atoms. The van der Waals surface area contributed by atoms with Gasteiger partial charge >= 0.3 is 0 Å². The van der Waals surface area contributed by atoms with Crippen LogP contribution in [0.2, 0.25) is 0 Å². The summed E-state index contributed by atoms with van der Waals surface area (Å²) in [5.74, 6) is 0.650. The summed E-state index contributed by atoms with van der Waals surface area (Å²) in [4.78, 5) is 4.36. The molecule has 20 heavy (non-hydrogen) atoms. The summed E-state index contributed by atoms with van der Waals surface area (Å²) in [6.45, 7) is 0. The molecule has 0 radical (unpaired) electrons. The lowest BCUT2D eigenvalue weighted by Crippen LogP contribution is -2.06. The maximum Gasteiger partial charge on any atom is 0.259 e. The highest BCUT2D eigenvalue weighted by Crippen LogP contribution is 2.32. The van der Waals surface area contributed by atoms with E-state index < -0.39 is 5.82 Å². The molecule has 5 heteroatoms. The molecule has 1 aromatic carbocycles. The Kier molecular flexibility index (Phi) is 3.46. The molecule has 0 unspecified atom stereocenters. The van der Waals surface area contributed by atoms with Crippen LogP contribution in [0.5, 0.6) is 0 Å². The molecule has 1 heterocycles. The van der Waals surface area contributed by atoms with Crippen molar-refractivity contribution in [3.05, 3.63) is 35.4 Å². The molecular formula is C15H14FN3O. The lowest BCUT2D eigenvalue weighted by Gasteiger charge is -2.17. The van der Waals surface area contributed by atoms with Gasteiger partial charge in [-0.15, -0.1) is 0 Å². The van der Waals surface area contributed by atoms with Gasteiger partial charge in [-0.05, 0) is 25.0 Å². The zero-order valence-electron chi connectivity index (χ0n) is 11.0. The van der Waals surface area contributed by atoms with E-state index in [2.05, 4.69) is 10.1 Å². The number of aromatic nitrogens is 2. The van der Waals surface area contributed by atoms with E-state index in [0.717, 1.165) is 12.8 Å². The molecule has 4 nitrogen and oxygen atoms in total. The maximum absolute atomic E-state index is 13.6. The smallest absolute Gasteiger partial charge is 0.259 e. The topological polar surface area (TPSA) is 62.7 Å². The van der Waals surface area contributed by atoms with Gasteiger partial charge in [-0.2, -0.15) is 10.2 Å². The Morgan fingerprint density at radius 3 is 2.80 bits per heavy atom. The molecule has 102 valence electrons. The van der Waals surface area contributed by atoms with Gasteiger partial charge in [0, 0.05) is 5.92 Å². The molecule has 1 aromatic heterocycles. The van der Waals surface area contributed by atoms with Crippen molar-refractivity contribution in [2.24, 2.45) is 0 Å². The van der Waals surface area contributed by atoms with Gasteiger partial charge in [0.15, 0.2) is 5.82 Å². The fourth-order valence-electron chi connectivity index (χ4n) is 2.69. The van der Waals surface area contributed by atoms with Crippen molar-refractivity contribution in [3.8, 4) is 17.5 Å². The first kappa shape index (κ1) is 12.8. The molecule has 1 fully saturated rings. The molecule has 0 atom stereocenters. The van der Waals surface area contributed by atoms with Gasteiger partial charge in [0.05, 0.1) is 5.56 Å². The van der Waals surface area contributed by atoms with E-state index >= 15 is 0 Å². The summed E-state index contributed by atoms with van der Waals surface area (Å²) in [7, 11) is 0. The van der Waals surface area contributed by atoms with Gasteiger partial charge in [-0.1, -0.05) is 30.5 Å². The van der Waals surface area contributed by atoms with Crippen LogP contribution in [0.15, 0.2) is 22.7 Å². The van der Waals surface area contributed by atoms with E-state index in [1.54, 1.807) is 6.07 Å². The molecule has 1 aliphatic carbocycles. The third-order valence-corrected chi connectivity index (χ3v) is 3.77. The van der Waals surface area contributed by atoms with E-state index in [4.69, 9.17) is 9.78 Å². The number of benzene rings is 1. The normalized spacial score (nSPS) is 16.0. The quantitative estimate of drug-likeness (QED) is 0.833. The van der Waals surface area contributed by atoms with Crippen LogP contribution in [0, 0.1) is 17.1 Å². The number of rotatable bonds is 2. The summed E-state index contributed by atoms with van der Waals surface area (Å²) < 4.78 is 18.8. The van der Waals surface area contributed by atoms with Crippen LogP contribution in [-0.4, -0.2) is 10.1 Å². The molecule has 2 aromatic rings. The molecule has 1 saturated carbocycles. The van der Waals surface area contributed by atoms with E-state index in [-0.39, 0.29) is 11.5 Å². The van der Waals surface area contributed by atoms with Crippen molar-refractivity contribution in [2.45, 2.75) is 38.0 Å². The summed E-state index contributed by atoms with van der Waals surface area (Å²) >= 11 is 0. The minimum absolute atomic E-state index is 0.0497. The summed E-state index contributed by atoms with van der Waals surface area (Å²) in [6, 6.07) is 6.26. The summed E-state index contributed by atoms with van der Waals surface area (Å²) in [6.07, 6.45) is 5.74. The molecule has 3 rings (SSSR count). The predicted molar refractivity (Wildman–Crippen MR) is 70.2 cm³/mol. The average Bonchev–Trinajstić information content (AvgIpc) is 2.97. The Bertz CT molecular complexity index is 653. The Balaban J connectivity index is 1.94. The highest BCUT2D eigenvalue weighted by atomic mass is 19.1. The van der Waals surface area contributed by atoms with Gasteiger partial charge in [-0.3, -0.25) is 0 Å². The van der Waals surface area contributed by atoms with Crippen LogP contribution < -0.4 is 0 Å². The van der Waals surface area contributed by atoms with E-state index in [9.17, 15) is 4.39 Å². The molecule has 0 aliphatic heterocycles. The van der Waals surface area contributed by atoms with Crippen LogP contribution in [-0.2, 0) is 0 Å². The summed E-state index contributed by atoms with van der Waals surface area (Å²) in [5.41, 5.74) is 0.313. The third kappa shape index (κ3) is 2.29. The second-order valence-electron chi connectivity index (χ2n) is 5.07. The molecular weight excluding hydrogens is 257 g/mol. The van der Waals surface area contributed by atoms with Crippen LogP contribution >= 0.6 is 0 Å². The lowest BCUT2D eigenvalue weighted by molar-refractivity contribution is 0.385. The Labute approximate surface area is 116 Å². The fourth-order valence-corrected chi connectivity index (χ4v) is 2.69. The lowest BCUT2D eigenvalue weighted by atomic mass is 9.89. The monoisotopic (exact) mass is 271 g/mol. The molecule has 1 aliphatic rings. The van der Waals surface area contributed by atoms with Gasteiger partial charge in [0.2, 0.25) is 0 Å². The highest BCUT2D eigenvalue weighted by Gasteiger charge is 2.22. The van der Waals surface area contributed by atoms with Crippen molar-refractivity contribution in [1.82, 2.24) is 10.1 Å². The van der Waals surface area contributed by atoms with Crippen molar-refractivity contribution < 1.29 is 8.91 Å². The third-order valence-electron chi connectivity index (χ3n) is 3.77. The maximum atomic E-state index is 13.6. The van der Waals surface area contributed by atoms with E-state index in [0.29, 0.717) is 17.3 Å².